The largest absolute Gasteiger partial charge is 0.462 e. The van der Waals surface area contributed by atoms with Crippen molar-refractivity contribution >= 4 is 12.1 Å². The van der Waals surface area contributed by atoms with Crippen molar-refractivity contribution in [3.63, 3.8) is 0 Å². The van der Waals surface area contributed by atoms with E-state index in [0.29, 0.717) is 19.6 Å². The summed E-state index contributed by atoms with van der Waals surface area (Å²) in [7, 11) is 4.57. The van der Waals surface area contributed by atoms with Gasteiger partial charge >= 0.3 is 12.1 Å². The number of likely N-dealkylation sites (N-methyl/N-ethyl adjacent to an activating group) is 1. The first kappa shape index (κ1) is 19.7. The number of methoxy groups -OCH3 is 2. The van der Waals surface area contributed by atoms with Crippen LogP contribution in [0.15, 0.2) is 0 Å². The number of nitrogens with zero attached hydrogens (tertiary/aromatic N) is 1. The van der Waals surface area contributed by atoms with E-state index in [1.165, 1.54) is 26.2 Å². The Morgan fingerprint density at radius 2 is 1.48 bits per heavy atom. The lowest BCUT2D eigenvalue weighted by Gasteiger charge is -2.27. The molecule has 0 aromatic carbocycles. The molecular formula is C14H27NO6. The van der Waals surface area contributed by atoms with Crippen molar-refractivity contribution in [2.24, 2.45) is 5.92 Å². The molecule has 0 aromatic rings. The van der Waals surface area contributed by atoms with Gasteiger partial charge in [0.2, 0.25) is 0 Å². The monoisotopic (exact) mass is 305 g/mol. The molecule has 0 aliphatic heterocycles. The third kappa shape index (κ3) is 8.52. The zero-order valence-electron chi connectivity index (χ0n) is 13.6. The van der Waals surface area contributed by atoms with Gasteiger partial charge in [-0.15, -0.1) is 0 Å². The van der Waals surface area contributed by atoms with Gasteiger partial charge in [0.05, 0.1) is 13.2 Å². The first-order chi connectivity index (χ1) is 9.93. The fourth-order valence-electron chi connectivity index (χ4n) is 1.62. The van der Waals surface area contributed by atoms with Gasteiger partial charge in [-0.05, 0) is 12.3 Å². The first-order valence-corrected chi connectivity index (χ1v) is 6.98. The van der Waals surface area contributed by atoms with Gasteiger partial charge in [0.1, 0.15) is 19.3 Å². The van der Waals surface area contributed by atoms with E-state index in [4.69, 9.17) is 18.9 Å². The lowest BCUT2D eigenvalue weighted by molar-refractivity contribution is -0.151. The zero-order valence-corrected chi connectivity index (χ0v) is 13.6. The van der Waals surface area contributed by atoms with Crippen molar-refractivity contribution < 1.29 is 28.5 Å². The summed E-state index contributed by atoms with van der Waals surface area (Å²) in [6.45, 7) is 4.89. The van der Waals surface area contributed by atoms with Crippen LogP contribution < -0.4 is 0 Å². The van der Waals surface area contributed by atoms with Crippen molar-refractivity contribution in [1.82, 2.24) is 4.90 Å². The molecule has 0 aromatic heterocycles. The van der Waals surface area contributed by atoms with Crippen molar-refractivity contribution in [3.8, 4) is 0 Å². The Morgan fingerprint density at radius 3 is 1.95 bits per heavy atom. The van der Waals surface area contributed by atoms with Gasteiger partial charge in [-0.25, -0.2) is 9.59 Å². The number of rotatable bonds is 10. The summed E-state index contributed by atoms with van der Waals surface area (Å²) in [6, 6.07) is -0.670. The Bertz CT molecular complexity index is 308. The number of ether oxygens (including phenoxy) is 4. The number of carbonyl (C=O) groups is 2. The molecule has 0 saturated carbocycles. The van der Waals surface area contributed by atoms with Gasteiger partial charge in [0, 0.05) is 21.3 Å². The van der Waals surface area contributed by atoms with Gasteiger partial charge in [-0.2, -0.15) is 0 Å². The van der Waals surface area contributed by atoms with Gasteiger partial charge in [0.25, 0.3) is 0 Å². The Morgan fingerprint density at radius 1 is 0.952 bits per heavy atom. The molecule has 0 aliphatic carbocycles. The van der Waals surface area contributed by atoms with E-state index >= 15 is 0 Å². The van der Waals surface area contributed by atoms with Crippen LogP contribution in [-0.4, -0.2) is 70.7 Å². The molecule has 0 spiro atoms. The summed E-state index contributed by atoms with van der Waals surface area (Å²) in [5.41, 5.74) is 0. The maximum atomic E-state index is 12.1. The van der Waals surface area contributed by atoms with E-state index in [2.05, 4.69) is 0 Å². The van der Waals surface area contributed by atoms with Crippen LogP contribution in [0.4, 0.5) is 4.79 Å². The molecule has 1 amide bonds. The van der Waals surface area contributed by atoms with Crippen LogP contribution in [0, 0.1) is 5.92 Å². The standard InChI is InChI=1S/C14H27NO6/c1-11(2)10-12(13(16)20-8-6-18-4)15(3)14(17)21-9-7-19-5/h11-12H,6-10H2,1-5H3. The molecule has 0 rings (SSSR count). The highest BCUT2D eigenvalue weighted by atomic mass is 16.6. The molecule has 0 N–H and O–H groups in total. The van der Waals surface area contributed by atoms with Crippen LogP contribution in [-0.2, 0) is 23.7 Å². The normalized spacial score (nSPS) is 12.1. The van der Waals surface area contributed by atoms with Crippen LogP contribution in [0.1, 0.15) is 20.3 Å². The lowest BCUT2D eigenvalue weighted by Crippen LogP contribution is -2.44. The van der Waals surface area contributed by atoms with Crippen molar-refractivity contribution in [1.29, 1.82) is 0 Å². The van der Waals surface area contributed by atoms with Crippen LogP contribution in [0.25, 0.3) is 0 Å². The second-order valence-corrected chi connectivity index (χ2v) is 5.02. The lowest BCUT2D eigenvalue weighted by atomic mass is 10.0. The van der Waals surface area contributed by atoms with E-state index < -0.39 is 18.1 Å². The molecular weight excluding hydrogens is 278 g/mol. The van der Waals surface area contributed by atoms with Gasteiger partial charge in [0.15, 0.2) is 0 Å². The smallest absolute Gasteiger partial charge is 0.410 e. The second kappa shape index (κ2) is 11.3. The number of amides is 1. The van der Waals surface area contributed by atoms with Crippen molar-refractivity contribution in [2.45, 2.75) is 26.3 Å². The molecule has 124 valence electrons. The quantitative estimate of drug-likeness (QED) is 0.447. The summed E-state index contributed by atoms with van der Waals surface area (Å²) >= 11 is 0. The molecule has 7 heteroatoms. The van der Waals surface area contributed by atoms with E-state index in [1.807, 2.05) is 13.8 Å². The van der Waals surface area contributed by atoms with Crippen LogP contribution in [0.2, 0.25) is 0 Å². The maximum absolute atomic E-state index is 12.1. The highest BCUT2D eigenvalue weighted by Gasteiger charge is 2.29. The highest BCUT2D eigenvalue weighted by Crippen LogP contribution is 2.13. The average molecular weight is 305 g/mol. The van der Waals surface area contributed by atoms with E-state index in [0.717, 1.165) is 0 Å². The minimum Gasteiger partial charge on any atom is -0.462 e. The number of hydrogen-bond acceptors (Lipinski definition) is 6. The average Bonchev–Trinajstić information content (AvgIpc) is 2.44. The van der Waals surface area contributed by atoms with E-state index in [-0.39, 0.29) is 19.1 Å². The summed E-state index contributed by atoms with van der Waals surface area (Å²) in [5, 5.41) is 0. The first-order valence-electron chi connectivity index (χ1n) is 6.98. The molecule has 7 nitrogen and oxygen atoms in total. The third-order valence-electron chi connectivity index (χ3n) is 2.77. The van der Waals surface area contributed by atoms with Crippen molar-refractivity contribution in [3.05, 3.63) is 0 Å². The fourth-order valence-corrected chi connectivity index (χ4v) is 1.62. The van der Waals surface area contributed by atoms with E-state index in [1.54, 1.807) is 0 Å². The van der Waals surface area contributed by atoms with Gasteiger partial charge in [-0.1, -0.05) is 13.8 Å². The number of hydrogen-bond donors (Lipinski definition) is 0. The number of carbonyl (C=O) groups excluding carboxylic acids is 2. The summed E-state index contributed by atoms with van der Waals surface area (Å²) in [5.74, 6) is -0.217. The molecule has 1 atom stereocenters. The molecule has 1 unspecified atom stereocenters. The van der Waals surface area contributed by atoms with Gasteiger partial charge in [-0.3, -0.25) is 4.90 Å². The maximum Gasteiger partial charge on any atom is 0.410 e. The molecule has 21 heavy (non-hydrogen) atoms. The third-order valence-corrected chi connectivity index (χ3v) is 2.77. The van der Waals surface area contributed by atoms with Crippen LogP contribution >= 0.6 is 0 Å². The predicted molar refractivity (Wildman–Crippen MR) is 77.1 cm³/mol. The SMILES string of the molecule is COCCOC(=O)C(CC(C)C)N(C)C(=O)OCCOC. The summed E-state index contributed by atoms with van der Waals surface area (Å²) in [4.78, 5) is 25.2. The predicted octanol–water partition coefficient (Wildman–Crippen LogP) is 1.31. The minimum atomic E-state index is -0.670. The Kier molecular flexibility index (Phi) is 10.6. The zero-order chi connectivity index (χ0) is 16.3. The number of esters is 1. The van der Waals surface area contributed by atoms with Crippen LogP contribution in [0.3, 0.4) is 0 Å². The van der Waals surface area contributed by atoms with Gasteiger partial charge < -0.3 is 18.9 Å². The molecule has 0 aliphatic rings. The molecule has 0 bridgehead atoms. The second-order valence-electron chi connectivity index (χ2n) is 5.02. The Labute approximate surface area is 126 Å². The minimum absolute atomic E-state index is 0.146. The highest BCUT2D eigenvalue weighted by molar-refractivity contribution is 5.81. The molecule has 0 saturated heterocycles. The Hall–Kier alpha value is -1.34. The topological polar surface area (TPSA) is 74.3 Å². The Balaban J connectivity index is 4.56. The summed E-state index contributed by atoms with van der Waals surface area (Å²) in [6.07, 6.45) is -0.0665. The molecule has 0 radical (unpaired) electrons. The van der Waals surface area contributed by atoms with Crippen LogP contribution in [0.5, 0.6) is 0 Å². The van der Waals surface area contributed by atoms with Crippen molar-refractivity contribution in [2.75, 3.05) is 47.7 Å². The summed E-state index contributed by atoms with van der Waals surface area (Å²) < 4.78 is 19.8. The van der Waals surface area contributed by atoms with E-state index in [9.17, 15) is 9.59 Å². The molecule has 0 heterocycles. The fraction of sp³-hybridized carbons (Fsp3) is 0.857. The molecule has 0 fully saturated rings.